The highest BCUT2D eigenvalue weighted by Crippen LogP contribution is 1.95. The Labute approximate surface area is 94.0 Å². The van der Waals surface area contributed by atoms with Gasteiger partial charge in [0.25, 0.3) is 0 Å². The van der Waals surface area contributed by atoms with E-state index in [-0.39, 0.29) is 31.9 Å². The second kappa shape index (κ2) is 7.67. The van der Waals surface area contributed by atoms with E-state index in [1.807, 2.05) is 0 Å². The van der Waals surface area contributed by atoms with Crippen LogP contribution in [0.2, 0.25) is 0 Å². The Balaban J connectivity index is 3.67. The maximum Gasteiger partial charge on any atom is 0.308 e. The van der Waals surface area contributed by atoms with Crippen molar-refractivity contribution in [2.75, 3.05) is 13.2 Å². The summed E-state index contributed by atoms with van der Waals surface area (Å²) in [6, 6.07) is 0. The molecule has 0 aromatic carbocycles. The summed E-state index contributed by atoms with van der Waals surface area (Å²) in [5.41, 5.74) is 0. The molecule has 6 heteroatoms. The average molecular weight is 231 g/mol. The standard InChI is InChI=1S/C10H17NO5/c1-3-16-9(13)5-4-8(12)11-6-7(2)10(14)15/h7H,3-6H2,1-2H3,(H,11,12)(H,14,15). The van der Waals surface area contributed by atoms with Crippen molar-refractivity contribution in [1.29, 1.82) is 0 Å². The number of hydrogen-bond donors (Lipinski definition) is 2. The highest BCUT2D eigenvalue weighted by molar-refractivity contribution is 5.81. The first-order chi connectivity index (χ1) is 7.47. The lowest BCUT2D eigenvalue weighted by Gasteiger charge is -2.07. The first kappa shape index (κ1) is 14.4. The first-order valence-corrected chi connectivity index (χ1v) is 5.12. The molecule has 0 aliphatic heterocycles. The molecule has 0 aromatic rings. The fraction of sp³-hybridized carbons (Fsp3) is 0.700. The molecule has 16 heavy (non-hydrogen) atoms. The number of aliphatic carboxylic acids is 1. The number of carboxylic acid groups (broad SMARTS) is 1. The van der Waals surface area contributed by atoms with E-state index < -0.39 is 17.9 Å². The van der Waals surface area contributed by atoms with Gasteiger partial charge in [-0.3, -0.25) is 14.4 Å². The fourth-order valence-electron chi connectivity index (χ4n) is 0.891. The lowest BCUT2D eigenvalue weighted by atomic mass is 10.2. The number of carboxylic acids is 1. The molecule has 0 fully saturated rings. The minimum Gasteiger partial charge on any atom is -0.481 e. The molecule has 0 saturated heterocycles. The predicted molar refractivity (Wildman–Crippen MR) is 55.7 cm³/mol. The Kier molecular flexibility index (Phi) is 6.91. The van der Waals surface area contributed by atoms with Gasteiger partial charge in [0.2, 0.25) is 5.91 Å². The van der Waals surface area contributed by atoms with E-state index in [4.69, 9.17) is 5.11 Å². The predicted octanol–water partition coefficient (Wildman–Crippen LogP) is 0.167. The summed E-state index contributed by atoms with van der Waals surface area (Å²) in [4.78, 5) is 32.5. The van der Waals surface area contributed by atoms with Gasteiger partial charge in [-0.2, -0.15) is 0 Å². The SMILES string of the molecule is CCOC(=O)CCC(=O)NCC(C)C(=O)O. The summed E-state index contributed by atoms with van der Waals surface area (Å²) < 4.78 is 4.64. The van der Waals surface area contributed by atoms with Crippen molar-refractivity contribution in [2.45, 2.75) is 26.7 Å². The van der Waals surface area contributed by atoms with Crippen LogP contribution < -0.4 is 5.32 Å². The topological polar surface area (TPSA) is 92.7 Å². The summed E-state index contributed by atoms with van der Waals surface area (Å²) in [6.45, 7) is 3.54. The zero-order valence-electron chi connectivity index (χ0n) is 9.49. The molecule has 0 aromatic heterocycles. The third-order valence-corrected chi connectivity index (χ3v) is 1.89. The van der Waals surface area contributed by atoms with Gasteiger partial charge in [0, 0.05) is 13.0 Å². The monoisotopic (exact) mass is 231 g/mol. The Hall–Kier alpha value is -1.59. The Morgan fingerprint density at radius 1 is 1.31 bits per heavy atom. The molecule has 1 amide bonds. The van der Waals surface area contributed by atoms with Gasteiger partial charge in [-0.15, -0.1) is 0 Å². The molecular formula is C10H17NO5. The van der Waals surface area contributed by atoms with Gasteiger partial charge in [0.05, 0.1) is 18.9 Å². The molecule has 92 valence electrons. The van der Waals surface area contributed by atoms with Crippen molar-refractivity contribution in [3.05, 3.63) is 0 Å². The van der Waals surface area contributed by atoms with Crippen LogP contribution in [0.3, 0.4) is 0 Å². The molecule has 2 N–H and O–H groups in total. The van der Waals surface area contributed by atoms with Crippen molar-refractivity contribution in [1.82, 2.24) is 5.32 Å². The molecule has 1 unspecified atom stereocenters. The van der Waals surface area contributed by atoms with Gasteiger partial charge >= 0.3 is 11.9 Å². The van der Waals surface area contributed by atoms with Gasteiger partial charge in [0.15, 0.2) is 0 Å². The second-order valence-corrected chi connectivity index (χ2v) is 3.35. The Morgan fingerprint density at radius 2 is 1.94 bits per heavy atom. The molecular weight excluding hydrogens is 214 g/mol. The molecule has 0 saturated carbocycles. The summed E-state index contributed by atoms with van der Waals surface area (Å²) in [7, 11) is 0. The van der Waals surface area contributed by atoms with Crippen LogP contribution >= 0.6 is 0 Å². The van der Waals surface area contributed by atoms with E-state index in [1.54, 1.807) is 6.92 Å². The molecule has 6 nitrogen and oxygen atoms in total. The van der Waals surface area contributed by atoms with E-state index >= 15 is 0 Å². The largest absolute Gasteiger partial charge is 0.481 e. The van der Waals surface area contributed by atoms with Gasteiger partial charge in [0.1, 0.15) is 0 Å². The molecule has 1 atom stereocenters. The minimum absolute atomic E-state index is 0.0150. The number of rotatable bonds is 7. The maximum absolute atomic E-state index is 11.2. The lowest BCUT2D eigenvalue weighted by Crippen LogP contribution is -2.31. The van der Waals surface area contributed by atoms with E-state index in [0.717, 1.165) is 0 Å². The molecule has 0 aliphatic carbocycles. The molecule has 0 spiro atoms. The highest BCUT2D eigenvalue weighted by atomic mass is 16.5. The van der Waals surface area contributed by atoms with Crippen LogP contribution in [-0.2, 0) is 19.1 Å². The van der Waals surface area contributed by atoms with Crippen LogP contribution in [0.25, 0.3) is 0 Å². The van der Waals surface area contributed by atoms with Crippen molar-refractivity contribution >= 4 is 17.8 Å². The zero-order chi connectivity index (χ0) is 12.6. The number of carbonyl (C=O) groups is 3. The van der Waals surface area contributed by atoms with Crippen molar-refractivity contribution in [3.63, 3.8) is 0 Å². The first-order valence-electron chi connectivity index (χ1n) is 5.12. The Morgan fingerprint density at radius 3 is 2.44 bits per heavy atom. The number of esters is 1. The van der Waals surface area contributed by atoms with E-state index in [0.29, 0.717) is 0 Å². The highest BCUT2D eigenvalue weighted by Gasteiger charge is 2.13. The summed E-state index contributed by atoms with van der Waals surface area (Å²) in [6.07, 6.45) is 0.0340. The molecule has 0 aliphatic rings. The van der Waals surface area contributed by atoms with E-state index in [1.165, 1.54) is 6.92 Å². The third kappa shape index (κ3) is 6.80. The quantitative estimate of drug-likeness (QED) is 0.609. The van der Waals surface area contributed by atoms with Crippen LogP contribution in [0, 0.1) is 5.92 Å². The van der Waals surface area contributed by atoms with Crippen molar-refractivity contribution in [3.8, 4) is 0 Å². The van der Waals surface area contributed by atoms with Gasteiger partial charge in [-0.25, -0.2) is 0 Å². The van der Waals surface area contributed by atoms with Crippen LogP contribution in [0.5, 0.6) is 0 Å². The number of ether oxygens (including phenoxy) is 1. The van der Waals surface area contributed by atoms with Crippen LogP contribution in [0.1, 0.15) is 26.7 Å². The normalized spacial score (nSPS) is 11.6. The lowest BCUT2D eigenvalue weighted by molar-refractivity contribution is -0.145. The smallest absolute Gasteiger partial charge is 0.308 e. The molecule has 0 radical (unpaired) electrons. The second-order valence-electron chi connectivity index (χ2n) is 3.35. The molecule has 0 bridgehead atoms. The van der Waals surface area contributed by atoms with Gasteiger partial charge in [-0.1, -0.05) is 6.92 Å². The van der Waals surface area contributed by atoms with Gasteiger partial charge in [-0.05, 0) is 6.92 Å². The number of hydrogen-bond acceptors (Lipinski definition) is 4. The molecule has 0 rings (SSSR count). The van der Waals surface area contributed by atoms with Crippen molar-refractivity contribution < 1.29 is 24.2 Å². The van der Waals surface area contributed by atoms with Crippen molar-refractivity contribution in [2.24, 2.45) is 5.92 Å². The molecule has 0 heterocycles. The number of nitrogens with one attached hydrogen (secondary N) is 1. The van der Waals surface area contributed by atoms with Gasteiger partial charge < -0.3 is 15.2 Å². The summed E-state index contributed by atoms with van der Waals surface area (Å²) in [5.74, 6) is -2.37. The van der Waals surface area contributed by atoms with Crippen LogP contribution in [0.15, 0.2) is 0 Å². The summed E-state index contributed by atoms with van der Waals surface area (Å²) >= 11 is 0. The van der Waals surface area contributed by atoms with E-state index in [9.17, 15) is 14.4 Å². The number of carbonyl (C=O) groups excluding carboxylic acids is 2. The third-order valence-electron chi connectivity index (χ3n) is 1.89. The summed E-state index contributed by atoms with van der Waals surface area (Å²) in [5, 5.41) is 11.0. The minimum atomic E-state index is -0.967. The maximum atomic E-state index is 11.2. The average Bonchev–Trinajstić information content (AvgIpc) is 2.23. The zero-order valence-corrected chi connectivity index (χ0v) is 9.49. The van der Waals surface area contributed by atoms with Crippen LogP contribution in [-0.4, -0.2) is 36.1 Å². The van der Waals surface area contributed by atoms with Crippen LogP contribution in [0.4, 0.5) is 0 Å². The van der Waals surface area contributed by atoms with E-state index in [2.05, 4.69) is 10.1 Å². The fourth-order valence-corrected chi connectivity index (χ4v) is 0.891. The Bertz CT molecular complexity index is 264. The number of amides is 1.